The molecular weight excluding hydrogens is 462 g/mol. The van der Waals surface area contributed by atoms with Gasteiger partial charge in [-0.2, -0.15) is 0 Å². The summed E-state index contributed by atoms with van der Waals surface area (Å²) in [7, 11) is 1.56. The first kappa shape index (κ1) is 28.1. The number of methoxy groups -OCH3 is 1. The van der Waals surface area contributed by atoms with Gasteiger partial charge in [0.05, 0.1) is 19.6 Å². The highest BCUT2D eigenvalue weighted by molar-refractivity contribution is 5.79. The molecule has 3 rings (SSSR count). The van der Waals surface area contributed by atoms with Gasteiger partial charge in [-0.1, -0.05) is 40.0 Å². The van der Waals surface area contributed by atoms with E-state index in [0.717, 1.165) is 37.7 Å². The van der Waals surface area contributed by atoms with Gasteiger partial charge in [-0.15, -0.1) is 0 Å². The molecule has 2 heterocycles. The molecule has 0 aromatic heterocycles. The van der Waals surface area contributed by atoms with Crippen LogP contribution in [0.3, 0.4) is 0 Å². The standard InChI is InChI=1S/C27H43N3O6/c1-5-7-10-29(11-9-28)24(31)16-30-15-20(25(27(32)33)21(30)12-18(3)8-6-2)19-13-22(34-4)26-23(14-19)35-17-36-26/h13-14,18,20-21,25H,5-12,15-17,28H2,1-4H3,(H,32,33)/t18?,20-,21+,25-/m1/s1. The molecule has 1 aromatic rings. The first-order chi connectivity index (χ1) is 17.3. The Kier molecular flexibility index (Phi) is 10.2. The average molecular weight is 506 g/mol. The highest BCUT2D eigenvalue weighted by Crippen LogP contribution is 2.47. The van der Waals surface area contributed by atoms with Crippen molar-refractivity contribution in [1.82, 2.24) is 9.80 Å². The molecule has 3 N–H and O–H groups in total. The molecule has 2 aliphatic heterocycles. The van der Waals surface area contributed by atoms with Gasteiger partial charge < -0.3 is 30.0 Å². The Morgan fingerprint density at radius 3 is 2.67 bits per heavy atom. The zero-order chi connectivity index (χ0) is 26.2. The predicted octanol–water partition coefficient (Wildman–Crippen LogP) is 3.31. The molecule has 9 heteroatoms. The van der Waals surface area contributed by atoms with Crippen molar-refractivity contribution in [3.63, 3.8) is 0 Å². The highest BCUT2D eigenvalue weighted by atomic mass is 16.7. The van der Waals surface area contributed by atoms with E-state index in [4.69, 9.17) is 19.9 Å². The SMILES string of the molecule is CCCCN(CCN)C(=O)CN1C[C@H](c2cc(OC)c3c(c2)OCO3)[C@@H](C(=O)O)[C@@H]1CC(C)CCC. The molecule has 1 aromatic carbocycles. The molecule has 0 radical (unpaired) electrons. The first-order valence-corrected chi connectivity index (χ1v) is 13.3. The number of unbranched alkanes of at least 4 members (excludes halogenated alkanes) is 1. The number of carboxylic acids is 1. The quantitative estimate of drug-likeness (QED) is 0.396. The summed E-state index contributed by atoms with van der Waals surface area (Å²) in [4.78, 5) is 30.0. The Morgan fingerprint density at radius 1 is 1.25 bits per heavy atom. The first-order valence-electron chi connectivity index (χ1n) is 13.3. The molecule has 9 nitrogen and oxygen atoms in total. The fourth-order valence-corrected chi connectivity index (χ4v) is 5.65. The number of amides is 1. The third-order valence-electron chi connectivity index (χ3n) is 7.44. The number of aliphatic carboxylic acids is 1. The van der Waals surface area contributed by atoms with Gasteiger partial charge in [0, 0.05) is 38.1 Å². The molecule has 1 unspecified atom stereocenters. The zero-order valence-corrected chi connectivity index (χ0v) is 22.2. The molecule has 36 heavy (non-hydrogen) atoms. The Morgan fingerprint density at radius 2 is 2.03 bits per heavy atom. The van der Waals surface area contributed by atoms with Crippen LogP contribution in [-0.4, -0.2) is 79.5 Å². The maximum absolute atomic E-state index is 13.4. The van der Waals surface area contributed by atoms with Gasteiger partial charge in [-0.05, 0) is 36.5 Å². The third kappa shape index (κ3) is 6.42. The number of nitrogens with two attached hydrogens (primary N) is 1. The second kappa shape index (κ2) is 13.1. The molecule has 0 aliphatic carbocycles. The van der Waals surface area contributed by atoms with E-state index in [-0.39, 0.29) is 31.2 Å². The van der Waals surface area contributed by atoms with E-state index < -0.39 is 11.9 Å². The van der Waals surface area contributed by atoms with E-state index in [0.29, 0.717) is 49.3 Å². The van der Waals surface area contributed by atoms with E-state index in [1.165, 1.54) is 0 Å². The lowest BCUT2D eigenvalue weighted by atomic mass is 9.81. The minimum Gasteiger partial charge on any atom is -0.493 e. The maximum atomic E-state index is 13.4. The molecular formula is C27H43N3O6. The summed E-state index contributed by atoms with van der Waals surface area (Å²) in [5.41, 5.74) is 6.62. The molecule has 202 valence electrons. The molecule has 0 saturated carbocycles. The Balaban J connectivity index is 1.93. The van der Waals surface area contributed by atoms with Crippen molar-refractivity contribution >= 4 is 11.9 Å². The monoisotopic (exact) mass is 505 g/mol. The number of benzene rings is 1. The second-order valence-corrected chi connectivity index (χ2v) is 10.1. The molecule has 4 atom stereocenters. The van der Waals surface area contributed by atoms with E-state index >= 15 is 0 Å². The summed E-state index contributed by atoms with van der Waals surface area (Å²) in [6, 6.07) is 3.47. The van der Waals surface area contributed by atoms with E-state index in [1.807, 2.05) is 17.0 Å². The summed E-state index contributed by atoms with van der Waals surface area (Å²) in [6.45, 7) is 8.76. The van der Waals surface area contributed by atoms with Crippen molar-refractivity contribution in [3.05, 3.63) is 17.7 Å². The number of carboxylic acid groups (broad SMARTS) is 1. The predicted molar refractivity (Wildman–Crippen MR) is 138 cm³/mol. The summed E-state index contributed by atoms with van der Waals surface area (Å²) in [5.74, 6) is 0.192. The number of hydrogen-bond donors (Lipinski definition) is 2. The van der Waals surface area contributed by atoms with Crippen LogP contribution in [0.25, 0.3) is 0 Å². The number of carbonyl (C=O) groups excluding carboxylic acids is 1. The number of carbonyl (C=O) groups is 2. The van der Waals surface area contributed by atoms with E-state index in [2.05, 4.69) is 25.7 Å². The molecule has 2 aliphatic rings. The summed E-state index contributed by atoms with van der Waals surface area (Å²) >= 11 is 0. The van der Waals surface area contributed by atoms with Gasteiger partial charge in [0.2, 0.25) is 18.4 Å². The lowest BCUT2D eigenvalue weighted by molar-refractivity contribution is -0.144. The van der Waals surface area contributed by atoms with Crippen LogP contribution < -0.4 is 19.9 Å². The average Bonchev–Trinajstić information content (AvgIpc) is 3.46. The molecule has 1 fully saturated rings. The third-order valence-corrected chi connectivity index (χ3v) is 7.44. The fraction of sp³-hybridized carbons (Fsp3) is 0.704. The van der Waals surface area contributed by atoms with E-state index in [1.54, 1.807) is 7.11 Å². The van der Waals surface area contributed by atoms with Crippen LogP contribution in [0.4, 0.5) is 0 Å². The zero-order valence-electron chi connectivity index (χ0n) is 22.2. The molecule has 0 spiro atoms. The van der Waals surface area contributed by atoms with Crippen LogP contribution in [-0.2, 0) is 9.59 Å². The minimum absolute atomic E-state index is 0.00935. The Labute approximate surface area is 214 Å². The number of nitrogens with zero attached hydrogens (tertiary/aromatic N) is 2. The highest BCUT2D eigenvalue weighted by Gasteiger charge is 2.48. The largest absolute Gasteiger partial charge is 0.493 e. The van der Waals surface area contributed by atoms with E-state index in [9.17, 15) is 14.7 Å². The van der Waals surface area contributed by atoms with Crippen molar-refractivity contribution in [2.24, 2.45) is 17.6 Å². The molecule has 1 saturated heterocycles. The number of hydrogen-bond acceptors (Lipinski definition) is 7. The lowest BCUT2D eigenvalue weighted by Gasteiger charge is -2.31. The van der Waals surface area contributed by atoms with Crippen molar-refractivity contribution < 1.29 is 28.9 Å². The second-order valence-electron chi connectivity index (χ2n) is 10.1. The van der Waals surface area contributed by atoms with Crippen LogP contribution in [0.2, 0.25) is 0 Å². The Bertz CT molecular complexity index is 895. The maximum Gasteiger partial charge on any atom is 0.308 e. The van der Waals surface area contributed by atoms with Crippen LogP contribution in [0, 0.1) is 11.8 Å². The minimum atomic E-state index is -0.843. The number of rotatable bonds is 14. The van der Waals surface area contributed by atoms with Crippen molar-refractivity contribution in [2.75, 3.05) is 46.6 Å². The van der Waals surface area contributed by atoms with Crippen LogP contribution >= 0.6 is 0 Å². The van der Waals surface area contributed by atoms with Crippen molar-refractivity contribution in [1.29, 1.82) is 0 Å². The van der Waals surface area contributed by atoms with Gasteiger partial charge in [-0.3, -0.25) is 14.5 Å². The van der Waals surface area contributed by atoms with Gasteiger partial charge in [-0.25, -0.2) is 0 Å². The molecule has 1 amide bonds. The van der Waals surface area contributed by atoms with Crippen molar-refractivity contribution in [3.8, 4) is 17.2 Å². The Hall–Kier alpha value is -2.52. The van der Waals surface area contributed by atoms with Gasteiger partial charge in [0.25, 0.3) is 0 Å². The van der Waals surface area contributed by atoms with Crippen LogP contribution in [0.15, 0.2) is 12.1 Å². The smallest absolute Gasteiger partial charge is 0.308 e. The van der Waals surface area contributed by atoms with Gasteiger partial charge in [0.1, 0.15) is 0 Å². The van der Waals surface area contributed by atoms with Crippen LogP contribution in [0.5, 0.6) is 17.2 Å². The van der Waals surface area contributed by atoms with Gasteiger partial charge >= 0.3 is 5.97 Å². The van der Waals surface area contributed by atoms with Gasteiger partial charge in [0.15, 0.2) is 11.5 Å². The number of ether oxygens (including phenoxy) is 3. The number of likely N-dealkylation sites (tertiary alicyclic amines) is 1. The van der Waals surface area contributed by atoms with Crippen molar-refractivity contribution in [2.45, 2.75) is 64.8 Å². The summed E-state index contributed by atoms with van der Waals surface area (Å²) < 4.78 is 16.7. The topological polar surface area (TPSA) is 115 Å². The van der Waals surface area contributed by atoms with Crippen LogP contribution in [0.1, 0.15) is 64.4 Å². The lowest BCUT2D eigenvalue weighted by Crippen LogP contribution is -2.46. The summed E-state index contributed by atoms with van der Waals surface area (Å²) in [5, 5.41) is 10.4. The fourth-order valence-electron chi connectivity index (χ4n) is 5.65. The molecule has 0 bridgehead atoms. The number of fused-ring (bicyclic) bond motifs is 1. The normalized spacial score (nSPS) is 22.0. The summed E-state index contributed by atoms with van der Waals surface area (Å²) in [6.07, 6.45) is 4.68.